The number of hydrogen-bond donors (Lipinski definition) is 2. The van der Waals surface area contributed by atoms with Gasteiger partial charge in [0.2, 0.25) is 0 Å². The third-order valence-electron chi connectivity index (χ3n) is 2.86. The molecule has 0 atom stereocenters. The summed E-state index contributed by atoms with van der Waals surface area (Å²) in [4.78, 5) is 21.9. The molecule has 0 radical (unpaired) electrons. The number of rotatable bonds is 4. The van der Waals surface area contributed by atoms with Crippen molar-refractivity contribution in [1.29, 1.82) is 5.26 Å². The third-order valence-corrected chi connectivity index (χ3v) is 2.86. The molecule has 0 fully saturated rings. The second-order valence-electron chi connectivity index (χ2n) is 4.39. The molecule has 114 valence electrons. The van der Waals surface area contributed by atoms with Crippen LogP contribution in [0.2, 0.25) is 0 Å². The third kappa shape index (κ3) is 3.89. The van der Waals surface area contributed by atoms with Gasteiger partial charge in [-0.05, 0) is 23.8 Å². The monoisotopic (exact) mass is 310 g/mol. The van der Waals surface area contributed by atoms with Gasteiger partial charge in [0.25, 0.3) is 11.6 Å². The second kappa shape index (κ2) is 6.82. The maximum absolute atomic E-state index is 11.9. The minimum Gasteiger partial charge on any atom is -0.507 e. The van der Waals surface area contributed by atoms with E-state index in [-0.39, 0.29) is 17.0 Å². The molecule has 23 heavy (non-hydrogen) atoms. The van der Waals surface area contributed by atoms with Crippen molar-refractivity contribution in [1.82, 2.24) is 5.43 Å². The number of nitro groups is 1. The largest absolute Gasteiger partial charge is 0.507 e. The minimum absolute atomic E-state index is 0.254. The highest BCUT2D eigenvalue weighted by atomic mass is 16.6. The van der Waals surface area contributed by atoms with Gasteiger partial charge in [-0.15, -0.1) is 0 Å². The highest BCUT2D eigenvalue weighted by Gasteiger charge is 2.15. The van der Waals surface area contributed by atoms with E-state index in [1.54, 1.807) is 24.3 Å². The fourth-order valence-electron chi connectivity index (χ4n) is 1.69. The molecule has 2 aromatic carbocycles. The standard InChI is InChI=1S/C15H10N4O4/c16-8-10-1-3-11(4-2-10)9-17-18-15(21)13-7-12(19(22)23)5-6-14(13)20/h1-7,9,20H,(H,18,21). The maximum atomic E-state index is 11.9. The van der Waals surface area contributed by atoms with Crippen LogP contribution in [0.5, 0.6) is 5.75 Å². The molecule has 0 aliphatic heterocycles. The van der Waals surface area contributed by atoms with Gasteiger partial charge in [-0.1, -0.05) is 12.1 Å². The highest BCUT2D eigenvalue weighted by molar-refractivity contribution is 5.97. The Morgan fingerprint density at radius 3 is 2.61 bits per heavy atom. The van der Waals surface area contributed by atoms with Crippen molar-refractivity contribution in [2.75, 3.05) is 0 Å². The number of carbonyl (C=O) groups is 1. The Labute approximate surface area is 130 Å². The molecule has 0 aromatic heterocycles. The van der Waals surface area contributed by atoms with Gasteiger partial charge in [0.05, 0.1) is 28.3 Å². The van der Waals surface area contributed by atoms with E-state index in [9.17, 15) is 20.0 Å². The number of nitro benzene ring substituents is 1. The first-order chi connectivity index (χ1) is 11.0. The molecule has 0 saturated carbocycles. The van der Waals surface area contributed by atoms with Crippen LogP contribution in [0, 0.1) is 21.4 Å². The smallest absolute Gasteiger partial charge is 0.275 e. The predicted molar refractivity (Wildman–Crippen MR) is 81.0 cm³/mol. The summed E-state index contributed by atoms with van der Waals surface area (Å²) in [6, 6.07) is 11.6. The molecule has 8 heteroatoms. The van der Waals surface area contributed by atoms with Crippen molar-refractivity contribution in [3.63, 3.8) is 0 Å². The molecule has 0 bridgehead atoms. The number of nitrogens with one attached hydrogen (secondary N) is 1. The Morgan fingerprint density at radius 1 is 1.30 bits per heavy atom. The molecular weight excluding hydrogens is 300 g/mol. The SMILES string of the molecule is N#Cc1ccc(C=NNC(=O)c2cc([N+](=O)[O-])ccc2O)cc1. The number of phenolic OH excluding ortho intramolecular Hbond substituents is 1. The number of hydrazone groups is 1. The van der Waals surface area contributed by atoms with Crippen molar-refractivity contribution >= 4 is 17.8 Å². The number of nitriles is 1. The predicted octanol–water partition coefficient (Wildman–Crippen LogP) is 1.94. The lowest BCUT2D eigenvalue weighted by molar-refractivity contribution is -0.384. The summed E-state index contributed by atoms with van der Waals surface area (Å²) >= 11 is 0. The first-order valence-corrected chi connectivity index (χ1v) is 6.32. The summed E-state index contributed by atoms with van der Waals surface area (Å²) in [7, 11) is 0. The summed E-state index contributed by atoms with van der Waals surface area (Å²) in [5.41, 5.74) is 2.74. The second-order valence-corrected chi connectivity index (χ2v) is 4.39. The lowest BCUT2D eigenvalue weighted by Gasteiger charge is -2.02. The van der Waals surface area contributed by atoms with E-state index < -0.39 is 10.8 Å². The summed E-state index contributed by atoms with van der Waals surface area (Å²) < 4.78 is 0. The van der Waals surface area contributed by atoms with E-state index in [0.717, 1.165) is 18.2 Å². The van der Waals surface area contributed by atoms with Gasteiger partial charge in [0.15, 0.2) is 0 Å². The fourth-order valence-corrected chi connectivity index (χ4v) is 1.69. The van der Waals surface area contributed by atoms with E-state index >= 15 is 0 Å². The summed E-state index contributed by atoms with van der Waals surface area (Å²) in [6.45, 7) is 0. The van der Waals surface area contributed by atoms with Gasteiger partial charge in [-0.3, -0.25) is 14.9 Å². The molecule has 8 nitrogen and oxygen atoms in total. The molecular formula is C15H10N4O4. The average molecular weight is 310 g/mol. The molecule has 2 N–H and O–H groups in total. The number of non-ortho nitro benzene ring substituents is 1. The summed E-state index contributed by atoms with van der Waals surface area (Å²) in [5.74, 6) is -1.17. The normalized spacial score (nSPS) is 10.2. The molecule has 0 aliphatic rings. The molecule has 2 rings (SSSR count). The van der Waals surface area contributed by atoms with Crippen LogP contribution in [-0.4, -0.2) is 22.2 Å². The highest BCUT2D eigenvalue weighted by Crippen LogP contribution is 2.22. The molecule has 0 aliphatic carbocycles. The van der Waals surface area contributed by atoms with Crippen molar-refractivity contribution in [3.05, 3.63) is 69.3 Å². The van der Waals surface area contributed by atoms with Crippen LogP contribution in [-0.2, 0) is 0 Å². The van der Waals surface area contributed by atoms with Crippen LogP contribution in [0.15, 0.2) is 47.6 Å². The first-order valence-electron chi connectivity index (χ1n) is 6.32. The summed E-state index contributed by atoms with van der Waals surface area (Å²) in [6.07, 6.45) is 1.34. The Hall–Kier alpha value is -3.73. The van der Waals surface area contributed by atoms with Crippen molar-refractivity contribution in [2.45, 2.75) is 0 Å². The molecule has 2 aromatic rings. The van der Waals surface area contributed by atoms with Gasteiger partial charge in [-0.2, -0.15) is 10.4 Å². The zero-order valence-corrected chi connectivity index (χ0v) is 11.6. The van der Waals surface area contributed by atoms with E-state index in [0.29, 0.717) is 11.1 Å². The zero-order chi connectivity index (χ0) is 16.8. The van der Waals surface area contributed by atoms with Crippen molar-refractivity contribution in [2.24, 2.45) is 5.10 Å². The fraction of sp³-hybridized carbons (Fsp3) is 0. The van der Waals surface area contributed by atoms with E-state index in [1.807, 2.05) is 6.07 Å². The lowest BCUT2D eigenvalue weighted by atomic mass is 10.1. The molecule has 0 saturated heterocycles. The minimum atomic E-state index is -0.781. The average Bonchev–Trinajstić information content (AvgIpc) is 2.55. The number of amides is 1. The zero-order valence-electron chi connectivity index (χ0n) is 11.6. The number of hydrogen-bond acceptors (Lipinski definition) is 6. The maximum Gasteiger partial charge on any atom is 0.275 e. The number of phenols is 1. The number of aromatic hydroxyl groups is 1. The Balaban J connectivity index is 2.10. The van der Waals surface area contributed by atoms with Gasteiger partial charge in [0.1, 0.15) is 5.75 Å². The quantitative estimate of drug-likeness (QED) is 0.506. The Kier molecular flexibility index (Phi) is 4.64. The lowest BCUT2D eigenvalue weighted by Crippen LogP contribution is -2.18. The van der Waals surface area contributed by atoms with Gasteiger partial charge in [-0.25, -0.2) is 5.43 Å². The van der Waals surface area contributed by atoms with Crippen LogP contribution in [0.25, 0.3) is 0 Å². The first kappa shape index (κ1) is 15.7. The van der Waals surface area contributed by atoms with Gasteiger partial charge in [0, 0.05) is 12.1 Å². The van der Waals surface area contributed by atoms with Gasteiger partial charge < -0.3 is 5.11 Å². The Morgan fingerprint density at radius 2 is 2.00 bits per heavy atom. The van der Waals surface area contributed by atoms with Crippen LogP contribution < -0.4 is 5.43 Å². The van der Waals surface area contributed by atoms with Crippen LogP contribution >= 0.6 is 0 Å². The van der Waals surface area contributed by atoms with E-state index in [2.05, 4.69) is 10.5 Å². The van der Waals surface area contributed by atoms with Crippen LogP contribution in [0.4, 0.5) is 5.69 Å². The number of carbonyl (C=O) groups excluding carboxylic acids is 1. The molecule has 1 amide bonds. The molecule has 0 heterocycles. The van der Waals surface area contributed by atoms with E-state index in [4.69, 9.17) is 5.26 Å². The van der Waals surface area contributed by atoms with Crippen LogP contribution in [0.1, 0.15) is 21.5 Å². The topological polar surface area (TPSA) is 129 Å². The van der Waals surface area contributed by atoms with Crippen LogP contribution in [0.3, 0.4) is 0 Å². The molecule has 0 unspecified atom stereocenters. The van der Waals surface area contributed by atoms with E-state index in [1.165, 1.54) is 6.21 Å². The molecule has 0 spiro atoms. The number of nitrogens with zero attached hydrogens (tertiary/aromatic N) is 3. The Bertz CT molecular complexity index is 822. The number of benzene rings is 2. The summed E-state index contributed by atoms with van der Waals surface area (Å²) in [5, 5.41) is 32.7. The van der Waals surface area contributed by atoms with Crippen molar-refractivity contribution in [3.8, 4) is 11.8 Å². The van der Waals surface area contributed by atoms with Gasteiger partial charge >= 0.3 is 0 Å². The van der Waals surface area contributed by atoms with Crippen molar-refractivity contribution < 1.29 is 14.8 Å².